The first kappa shape index (κ1) is 24.3. The molecule has 0 radical (unpaired) electrons. The third-order valence-electron chi connectivity index (χ3n) is 4.32. The van der Waals surface area contributed by atoms with Crippen LogP contribution in [0.15, 0.2) is 33.8 Å². The summed E-state index contributed by atoms with van der Waals surface area (Å²) in [4.78, 5) is 16.4. The molecule has 2 rings (SSSR count). The number of hydrogen-bond acceptors (Lipinski definition) is 7. The molecule has 1 amide bonds. The Morgan fingerprint density at radius 1 is 1.42 bits per heavy atom. The van der Waals surface area contributed by atoms with Crippen LogP contribution in [0.1, 0.15) is 42.7 Å². The minimum Gasteiger partial charge on any atom is -0.490 e. The maximum absolute atomic E-state index is 12.2. The molecular weight excluding hydrogens is 464 g/mol. The Hall–Kier alpha value is -2.96. The van der Waals surface area contributed by atoms with E-state index in [-0.39, 0.29) is 30.8 Å². The number of ether oxygens (including phenoxy) is 3. The number of nitrogens with one attached hydrogen (secondary N) is 1. The number of hydrogen-bond donors (Lipinski definition) is 1. The summed E-state index contributed by atoms with van der Waals surface area (Å²) in [5, 5.41) is 13.5. The van der Waals surface area contributed by atoms with Crippen LogP contribution in [0.3, 0.4) is 0 Å². The predicted octanol–water partition coefficient (Wildman–Crippen LogP) is 3.88. The van der Waals surface area contributed by atoms with Gasteiger partial charge in [-0.25, -0.2) is 10.4 Å². The van der Waals surface area contributed by atoms with Crippen molar-refractivity contribution in [2.24, 2.45) is 5.10 Å². The summed E-state index contributed by atoms with van der Waals surface area (Å²) in [5.41, 5.74) is 4.60. The lowest BCUT2D eigenvalue weighted by Crippen LogP contribution is -2.25. The van der Waals surface area contributed by atoms with Crippen LogP contribution in [0.4, 0.5) is 0 Å². The van der Waals surface area contributed by atoms with Gasteiger partial charge in [-0.3, -0.25) is 4.79 Å². The summed E-state index contributed by atoms with van der Waals surface area (Å²) >= 11 is 3.41. The zero-order valence-corrected chi connectivity index (χ0v) is 19.5. The van der Waals surface area contributed by atoms with Crippen molar-refractivity contribution in [2.45, 2.75) is 39.9 Å². The normalized spacial score (nSPS) is 11.7. The Morgan fingerprint density at radius 2 is 2.16 bits per heavy atom. The molecule has 0 spiro atoms. The van der Waals surface area contributed by atoms with Crippen molar-refractivity contribution in [2.75, 3.05) is 13.7 Å². The van der Waals surface area contributed by atoms with Crippen molar-refractivity contribution in [3.05, 3.63) is 51.1 Å². The van der Waals surface area contributed by atoms with E-state index in [1.165, 1.54) is 13.3 Å². The molecule has 31 heavy (non-hydrogen) atoms. The zero-order chi connectivity index (χ0) is 22.8. The second-order valence-electron chi connectivity index (χ2n) is 6.67. The van der Waals surface area contributed by atoms with Crippen molar-refractivity contribution < 1.29 is 19.0 Å². The number of benzene rings is 1. The van der Waals surface area contributed by atoms with Crippen LogP contribution in [0.5, 0.6) is 11.6 Å². The smallest absolute Gasteiger partial charge is 0.278 e. The van der Waals surface area contributed by atoms with Gasteiger partial charge in [0.25, 0.3) is 5.91 Å². The molecule has 0 saturated heterocycles. The fourth-order valence-electron chi connectivity index (χ4n) is 2.55. The first-order valence-corrected chi connectivity index (χ1v) is 10.5. The molecule has 1 atom stereocenters. The molecule has 0 fully saturated rings. The molecule has 0 aliphatic carbocycles. The lowest BCUT2D eigenvalue weighted by Gasteiger charge is -2.14. The largest absolute Gasteiger partial charge is 0.490 e. The molecule has 0 aliphatic rings. The molecule has 0 saturated carbocycles. The molecule has 164 valence electrons. The number of halogens is 1. The summed E-state index contributed by atoms with van der Waals surface area (Å²) in [7, 11) is 1.53. The number of carbonyl (C=O) groups is 1. The van der Waals surface area contributed by atoms with E-state index in [4.69, 9.17) is 14.2 Å². The van der Waals surface area contributed by atoms with E-state index < -0.39 is 5.91 Å². The van der Waals surface area contributed by atoms with Gasteiger partial charge in [0.2, 0.25) is 5.88 Å². The number of carbonyl (C=O) groups excluding carboxylic acids is 1. The number of aryl methyl sites for hydroxylation is 1. The number of rotatable bonds is 10. The van der Waals surface area contributed by atoms with Crippen molar-refractivity contribution in [1.29, 1.82) is 5.26 Å². The number of para-hydroxylation sites is 1. The maximum Gasteiger partial charge on any atom is 0.278 e. The second-order valence-corrected chi connectivity index (χ2v) is 7.46. The molecule has 2 aromatic rings. The van der Waals surface area contributed by atoms with Crippen LogP contribution in [-0.4, -0.2) is 36.9 Å². The lowest BCUT2D eigenvalue weighted by molar-refractivity contribution is -0.123. The summed E-state index contributed by atoms with van der Waals surface area (Å²) in [6.45, 7) is 5.65. The van der Waals surface area contributed by atoms with E-state index in [1.807, 2.05) is 38.1 Å². The minimum atomic E-state index is -0.490. The first-order chi connectivity index (χ1) is 14.9. The van der Waals surface area contributed by atoms with Crippen molar-refractivity contribution in [3.8, 4) is 17.7 Å². The van der Waals surface area contributed by atoms with Crippen molar-refractivity contribution in [1.82, 2.24) is 10.4 Å². The molecule has 1 N–H and O–H groups in total. The highest BCUT2D eigenvalue weighted by molar-refractivity contribution is 9.10. The van der Waals surface area contributed by atoms with Crippen molar-refractivity contribution >= 4 is 28.1 Å². The Morgan fingerprint density at radius 3 is 2.84 bits per heavy atom. The van der Waals surface area contributed by atoms with Gasteiger partial charge in [0.05, 0.1) is 24.6 Å². The number of aromatic nitrogens is 1. The van der Waals surface area contributed by atoms with E-state index in [0.717, 1.165) is 12.0 Å². The zero-order valence-electron chi connectivity index (χ0n) is 17.9. The fraction of sp³-hybridized carbons (Fsp3) is 0.364. The van der Waals surface area contributed by atoms with Crippen LogP contribution in [0.2, 0.25) is 0 Å². The molecule has 0 bridgehead atoms. The molecule has 9 heteroatoms. The monoisotopic (exact) mass is 488 g/mol. The molecule has 0 unspecified atom stereocenters. The number of pyridine rings is 1. The van der Waals surface area contributed by atoms with Gasteiger partial charge >= 0.3 is 0 Å². The highest BCUT2D eigenvalue weighted by Gasteiger charge is 2.18. The Bertz CT molecular complexity index is 988. The van der Waals surface area contributed by atoms with Gasteiger partial charge in [-0.2, -0.15) is 10.4 Å². The predicted molar refractivity (Wildman–Crippen MR) is 120 cm³/mol. The lowest BCUT2D eigenvalue weighted by atomic mass is 10.1. The summed E-state index contributed by atoms with van der Waals surface area (Å²) < 4.78 is 17.2. The van der Waals surface area contributed by atoms with Gasteiger partial charge in [0.15, 0.2) is 6.61 Å². The van der Waals surface area contributed by atoms with Gasteiger partial charge in [0, 0.05) is 22.7 Å². The van der Waals surface area contributed by atoms with Gasteiger partial charge in [0.1, 0.15) is 17.4 Å². The number of nitriles is 1. The Labute approximate surface area is 190 Å². The highest BCUT2D eigenvalue weighted by Crippen LogP contribution is 2.29. The summed E-state index contributed by atoms with van der Waals surface area (Å²) in [6.07, 6.45) is 2.45. The average Bonchev–Trinajstić information content (AvgIpc) is 2.76. The van der Waals surface area contributed by atoms with E-state index in [1.54, 1.807) is 6.92 Å². The fourth-order valence-corrected chi connectivity index (χ4v) is 2.95. The minimum absolute atomic E-state index is 0.0664. The van der Waals surface area contributed by atoms with Crippen LogP contribution >= 0.6 is 15.9 Å². The van der Waals surface area contributed by atoms with Crippen molar-refractivity contribution in [3.63, 3.8) is 0 Å². The van der Waals surface area contributed by atoms with Gasteiger partial charge in [-0.1, -0.05) is 19.1 Å². The molecule has 0 aliphatic heterocycles. The van der Waals surface area contributed by atoms with E-state index in [0.29, 0.717) is 21.5 Å². The molecule has 8 nitrogen and oxygen atoms in total. The first-order valence-electron chi connectivity index (χ1n) is 9.69. The van der Waals surface area contributed by atoms with Gasteiger partial charge < -0.3 is 14.2 Å². The number of hydrazone groups is 1. The topological polar surface area (TPSA) is 106 Å². The third-order valence-corrected chi connectivity index (χ3v) is 5.38. The number of amides is 1. The third kappa shape index (κ3) is 6.77. The standard InChI is InChI=1S/C22H25BrN4O4/c1-5-14(2)31-19-9-7-6-8-16(19)11-25-27-20(28)13-30-22-17(10-24)18(12-29-4)21(23)15(3)26-22/h6-9,11,14H,5,12-13H2,1-4H3,(H,27,28)/b25-11-/t14-/m0/s1. The Kier molecular flexibility index (Phi) is 9.43. The van der Waals surface area contributed by atoms with E-state index in [9.17, 15) is 10.1 Å². The quantitative estimate of drug-likeness (QED) is 0.401. The van der Waals surface area contributed by atoms with Gasteiger partial charge in [-0.05, 0) is 48.3 Å². The SMILES string of the molecule is CC[C@H](C)Oc1ccccc1/C=N\NC(=O)COc1nc(C)c(Br)c(COC)c1C#N. The van der Waals surface area contributed by atoms with Crippen LogP contribution in [0, 0.1) is 18.3 Å². The number of methoxy groups -OCH3 is 1. The Balaban J connectivity index is 2.03. The molecular formula is C22H25BrN4O4. The highest BCUT2D eigenvalue weighted by atomic mass is 79.9. The number of nitrogens with zero attached hydrogens (tertiary/aromatic N) is 3. The average molecular weight is 489 g/mol. The second kappa shape index (κ2) is 12.0. The summed E-state index contributed by atoms with van der Waals surface area (Å²) in [5.74, 6) is 0.266. The molecule has 1 aromatic heterocycles. The summed E-state index contributed by atoms with van der Waals surface area (Å²) in [6, 6.07) is 9.48. The van der Waals surface area contributed by atoms with E-state index in [2.05, 4.69) is 37.5 Å². The molecule has 1 aromatic carbocycles. The van der Waals surface area contributed by atoms with Crippen LogP contribution in [0.25, 0.3) is 0 Å². The van der Waals surface area contributed by atoms with Crippen LogP contribution < -0.4 is 14.9 Å². The van der Waals surface area contributed by atoms with Crippen LogP contribution in [-0.2, 0) is 16.1 Å². The van der Waals surface area contributed by atoms with E-state index >= 15 is 0 Å². The maximum atomic E-state index is 12.2. The van der Waals surface area contributed by atoms with Gasteiger partial charge in [-0.15, -0.1) is 0 Å². The molecule has 1 heterocycles.